The first-order chi connectivity index (χ1) is 7.60. The maximum absolute atomic E-state index is 10.9. The molecule has 0 aliphatic carbocycles. The molecule has 88 valence electrons. The molecule has 4 nitrogen and oxygen atoms in total. The normalized spacial score (nSPS) is 12.2. The number of carboxylic acid groups (broad SMARTS) is 1. The summed E-state index contributed by atoms with van der Waals surface area (Å²) in [5, 5.41) is 8.92. The molecule has 1 aromatic rings. The van der Waals surface area contributed by atoms with Gasteiger partial charge >= 0.3 is 5.97 Å². The number of carbonyl (C=O) groups is 1. The first kappa shape index (κ1) is 13.0. The van der Waals surface area contributed by atoms with E-state index in [2.05, 4.69) is 15.9 Å². The Hall–Kier alpha value is -1.07. The average Bonchev–Trinajstić information content (AvgIpc) is 2.26. The molecule has 1 atom stereocenters. The zero-order valence-corrected chi connectivity index (χ0v) is 10.5. The number of hydrogen-bond acceptors (Lipinski definition) is 3. The quantitative estimate of drug-likeness (QED) is 0.870. The minimum absolute atomic E-state index is 0.310. The van der Waals surface area contributed by atoms with E-state index in [1.807, 2.05) is 12.1 Å². The molecule has 1 rings (SSSR count). The highest BCUT2D eigenvalue weighted by Gasteiger charge is 2.19. The average molecular weight is 288 g/mol. The van der Waals surface area contributed by atoms with Crippen molar-refractivity contribution in [1.29, 1.82) is 0 Å². The minimum atomic E-state index is -0.971. The molecular weight excluding hydrogens is 274 g/mol. The summed E-state index contributed by atoms with van der Waals surface area (Å²) >= 11 is 3.32. The van der Waals surface area contributed by atoms with E-state index in [0.29, 0.717) is 18.7 Å². The van der Waals surface area contributed by atoms with Gasteiger partial charge in [-0.1, -0.05) is 19.1 Å². The van der Waals surface area contributed by atoms with Gasteiger partial charge in [-0.05, 0) is 28.4 Å². The second-order valence-corrected chi connectivity index (χ2v) is 4.14. The van der Waals surface area contributed by atoms with Crippen molar-refractivity contribution < 1.29 is 14.6 Å². The number of benzene rings is 1. The maximum Gasteiger partial charge on any atom is 0.344 e. The van der Waals surface area contributed by atoms with Gasteiger partial charge in [0, 0.05) is 12.1 Å². The third kappa shape index (κ3) is 2.96. The molecule has 0 saturated heterocycles. The topological polar surface area (TPSA) is 72.5 Å². The molecule has 0 aliphatic heterocycles. The molecule has 3 N–H and O–H groups in total. The van der Waals surface area contributed by atoms with Crippen LogP contribution in [0, 0.1) is 0 Å². The van der Waals surface area contributed by atoms with Crippen LogP contribution in [0.1, 0.15) is 18.9 Å². The fourth-order valence-corrected chi connectivity index (χ4v) is 1.80. The van der Waals surface area contributed by atoms with Gasteiger partial charge < -0.3 is 15.6 Å². The first-order valence-electron chi connectivity index (χ1n) is 4.97. The SMILES string of the molecule is CCC(Oc1c(Br)cccc1CN)C(=O)O. The van der Waals surface area contributed by atoms with Crippen LogP contribution in [-0.2, 0) is 11.3 Å². The van der Waals surface area contributed by atoms with Crippen molar-refractivity contribution in [3.05, 3.63) is 28.2 Å². The lowest BCUT2D eigenvalue weighted by atomic mass is 10.2. The summed E-state index contributed by atoms with van der Waals surface area (Å²) in [5.41, 5.74) is 6.35. The van der Waals surface area contributed by atoms with Crippen molar-refractivity contribution in [2.75, 3.05) is 0 Å². The monoisotopic (exact) mass is 287 g/mol. The van der Waals surface area contributed by atoms with Gasteiger partial charge in [-0.25, -0.2) is 4.79 Å². The Labute approximate surface area is 103 Å². The molecule has 0 amide bonds. The van der Waals surface area contributed by atoms with Gasteiger partial charge in [0.15, 0.2) is 6.10 Å². The number of halogens is 1. The Bertz CT molecular complexity index is 381. The summed E-state index contributed by atoms with van der Waals surface area (Å²) in [7, 11) is 0. The van der Waals surface area contributed by atoms with Crippen LogP contribution in [0.2, 0.25) is 0 Å². The third-order valence-corrected chi connectivity index (χ3v) is 2.80. The molecule has 5 heteroatoms. The highest BCUT2D eigenvalue weighted by molar-refractivity contribution is 9.10. The highest BCUT2D eigenvalue weighted by atomic mass is 79.9. The summed E-state index contributed by atoms with van der Waals surface area (Å²) < 4.78 is 6.17. The Morgan fingerprint density at radius 3 is 2.81 bits per heavy atom. The van der Waals surface area contributed by atoms with Gasteiger partial charge in [0.2, 0.25) is 0 Å². The predicted molar refractivity (Wildman–Crippen MR) is 64.4 cm³/mol. The molecule has 16 heavy (non-hydrogen) atoms. The van der Waals surface area contributed by atoms with Crippen LogP contribution in [0.5, 0.6) is 5.75 Å². The van der Waals surface area contributed by atoms with Gasteiger partial charge in [0.05, 0.1) is 4.47 Å². The minimum Gasteiger partial charge on any atom is -0.479 e. The van der Waals surface area contributed by atoms with E-state index in [1.54, 1.807) is 13.0 Å². The molecular formula is C11H14BrNO3. The van der Waals surface area contributed by atoms with Crippen LogP contribution in [-0.4, -0.2) is 17.2 Å². The molecule has 0 bridgehead atoms. The number of hydrogen-bond donors (Lipinski definition) is 2. The second-order valence-electron chi connectivity index (χ2n) is 3.29. The number of ether oxygens (including phenoxy) is 1. The lowest BCUT2D eigenvalue weighted by Crippen LogP contribution is -2.26. The summed E-state index contributed by atoms with van der Waals surface area (Å²) in [6.07, 6.45) is -0.440. The molecule has 1 unspecified atom stereocenters. The molecule has 0 aliphatic rings. The number of para-hydroxylation sites is 1. The van der Waals surface area contributed by atoms with Crippen molar-refractivity contribution in [3.63, 3.8) is 0 Å². The van der Waals surface area contributed by atoms with Gasteiger partial charge in [-0.3, -0.25) is 0 Å². The van der Waals surface area contributed by atoms with Crippen molar-refractivity contribution in [2.24, 2.45) is 5.73 Å². The van der Waals surface area contributed by atoms with Gasteiger partial charge in [-0.15, -0.1) is 0 Å². The number of rotatable bonds is 5. The number of nitrogens with two attached hydrogens (primary N) is 1. The highest BCUT2D eigenvalue weighted by Crippen LogP contribution is 2.30. The zero-order chi connectivity index (χ0) is 12.1. The van der Waals surface area contributed by atoms with E-state index in [0.717, 1.165) is 10.0 Å². The summed E-state index contributed by atoms with van der Waals surface area (Å²) in [4.78, 5) is 10.9. The Morgan fingerprint density at radius 1 is 1.62 bits per heavy atom. The molecule has 0 radical (unpaired) electrons. The van der Waals surface area contributed by atoms with Crippen LogP contribution >= 0.6 is 15.9 Å². The van der Waals surface area contributed by atoms with Crippen molar-refractivity contribution in [3.8, 4) is 5.75 Å². The molecule has 0 spiro atoms. The van der Waals surface area contributed by atoms with E-state index in [-0.39, 0.29) is 0 Å². The Kier molecular flexibility index (Phi) is 4.76. The predicted octanol–water partition coefficient (Wildman–Crippen LogP) is 2.15. The Morgan fingerprint density at radius 2 is 2.31 bits per heavy atom. The van der Waals surface area contributed by atoms with Crippen molar-refractivity contribution in [2.45, 2.75) is 26.0 Å². The smallest absolute Gasteiger partial charge is 0.344 e. The van der Waals surface area contributed by atoms with Crippen LogP contribution in [0.3, 0.4) is 0 Å². The standard InChI is InChI=1S/C11H14BrNO3/c1-2-9(11(14)15)16-10-7(6-13)4-3-5-8(10)12/h3-5,9H,2,6,13H2,1H3,(H,14,15). The van der Waals surface area contributed by atoms with Crippen LogP contribution in [0.4, 0.5) is 0 Å². The van der Waals surface area contributed by atoms with Crippen LogP contribution in [0.15, 0.2) is 22.7 Å². The summed E-state index contributed by atoms with van der Waals surface area (Å²) in [6, 6.07) is 5.44. The summed E-state index contributed by atoms with van der Waals surface area (Å²) in [6.45, 7) is 2.07. The fourth-order valence-electron chi connectivity index (χ4n) is 1.30. The molecule has 0 fully saturated rings. The number of aliphatic carboxylic acids is 1. The van der Waals surface area contributed by atoms with E-state index in [9.17, 15) is 4.79 Å². The maximum atomic E-state index is 10.9. The lowest BCUT2D eigenvalue weighted by Gasteiger charge is -2.17. The fraction of sp³-hybridized carbons (Fsp3) is 0.364. The molecule has 0 heterocycles. The van der Waals surface area contributed by atoms with Crippen molar-refractivity contribution in [1.82, 2.24) is 0 Å². The van der Waals surface area contributed by atoms with Crippen LogP contribution < -0.4 is 10.5 Å². The van der Waals surface area contributed by atoms with E-state index < -0.39 is 12.1 Å². The third-order valence-electron chi connectivity index (χ3n) is 2.17. The Balaban J connectivity index is 2.98. The first-order valence-corrected chi connectivity index (χ1v) is 5.76. The van der Waals surface area contributed by atoms with Gasteiger partial charge in [-0.2, -0.15) is 0 Å². The second kappa shape index (κ2) is 5.86. The number of carboxylic acids is 1. The largest absolute Gasteiger partial charge is 0.479 e. The van der Waals surface area contributed by atoms with E-state index in [4.69, 9.17) is 15.6 Å². The van der Waals surface area contributed by atoms with Gasteiger partial charge in [0.1, 0.15) is 5.75 Å². The van der Waals surface area contributed by atoms with E-state index in [1.165, 1.54) is 0 Å². The van der Waals surface area contributed by atoms with Crippen molar-refractivity contribution >= 4 is 21.9 Å². The molecule has 0 aromatic heterocycles. The van der Waals surface area contributed by atoms with Crippen LogP contribution in [0.25, 0.3) is 0 Å². The zero-order valence-electron chi connectivity index (χ0n) is 8.94. The van der Waals surface area contributed by atoms with E-state index >= 15 is 0 Å². The molecule has 0 saturated carbocycles. The summed E-state index contributed by atoms with van der Waals surface area (Å²) in [5.74, 6) is -0.458. The lowest BCUT2D eigenvalue weighted by molar-refractivity contribution is -0.145. The molecule has 1 aromatic carbocycles. The van der Waals surface area contributed by atoms with Gasteiger partial charge in [0.25, 0.3) is 0 Å².